The van der Waals surface area contributed by atoms with E-state index in [-0.39, 0.29) is 12.4 Å². The van der Waals surface area contributed by atoms with Gasteiger partial charge in [-0.1, -0.05) is 115 Å². The summed E-state index contributed by atoms with van der Waals surface area (Å²) in [5.74, 6) is -1.74. The maximum atomic E-state index is 12.4. The Kier molecular flexibility index (Phi) is 19.1. The van der Waals surface area contributed by atoms with Crippen molar-refractivity contribution in [3.8, 4) is 0 Å². The highest BCUT2D eigenvalue weighted by Gasteiger charge is 2.21. The molecule has 0 bridgehead atoms. The first-order valence-electron chi connectivity index (χ1n) is 14.1. The van der Waals surface area contributed by atoms with Gasteiger partial charge in [-0.05, 0) is 38.0 Å². The number of hydrogen-bond acceptors (Lipinski definition) is 4. The zero-order chi connectivity index (χ0) is 24.0. The number of hydrogen-bond donors (Lipinski definition) is 0. The van der Waals surface area contributed by atoms with Crippen molar-refractivity contribution >= 4 is 11.9 Å². The Balaban J connectivity index is 2.03. The second kappa shape index (κ2) is 21.2. The smallest absolute Gasteiger partial charge is 0.309 e. The Morgan fingerprint density at radius 1 is 0.818 bits per heavy atom. The average Bonchev–Trinajstić information content (AvgIpc) is 2.82. The van der Waals surface area contributed by atoms with Gasteiger partial charge in [0.15, 0.2) is 0 Å². The zero-order valence-electron chi connectivity index (χ0n) is 21.5. The van der Waals surface area contributed by atoms with Crippen LogP contribution in [0, 0.1) is 11.8 Å². The summed E-state index contributed by atoms with van der Waals surface area (Å²) >= 11 is 0. The van der Waals surface area contributed by atoms with Gasteiger partial charge >= 0.3 is 5.97 Å². The Bertz CT molecular complexity index is 508. The van der Waals surface area contributed by atoms with Gasteiger partial charge in [0.1, 0.15) is 0 Å². The molecule has 0 heterocycles. The summed E-state index contributed by atoms with van der Waals surface area (Å²) in [4.78, 5) is 23.4. The van der Waals surface area contributed by atoms with Crippen molar-refractivity contribution in [3.63, 3.8) is 0 Å². The molecule has 0 aromatic heterocycles. The van der Waals surface area contributed by atoms with Crippen LogP contribution in [0.1, 0.15) is 142 Å². The molecule has 1 aliphatic carbocycles. The quantitative estimate of drug-likeness (QED) is 0.102. The van der Waals surface area contributed by atoms with Gasteiger partial charge in [0, 0.05) is 12.4 Å². The fraction of sp³-hybridized carbons (Fsp3) is 0.862. The maximum absolute atomic E-state index is 12.4. The number of carboxylic acid groups (broad SMARTS) is 1. The minimum absolute atomic E-state index is 0.257. The van der Waals surface area contributed by atoms with Gasteiger partial charge in [-0.2, -0.15) is 0 Å². The van der Waals surface area contributed by atoms with E-state index in [0.717, 1.165) is 25.7 Å². The van der Waals surface area contributed by atoms with E-state index in [1.165, 1.54) is 96.3 Å². The minimum Gasteiger partial charge on any atom is -0.550 e. The van der Waals surface area contributed by atoms with Gasteiger partial charge in [-0.15, -0.1) is 0 Å². The van der Waals surface area contributed by atoms with Crippen LogP contribution in [0.2, 0.25) is 0 Å². The van der Waals surface area contributed by atoms with Gasteiger partial charge < -0.3 is 14.6 Å². The molecule has 4 nitrogen and oxygen atoms in total. The highest BCUT2D eigenvalue weighted by atomic mass is 16.5. The topological polar surface area (TPSA) is 66.4 Å². The predicted molar refractivity (Wildman–Crippen MR) is 135 cm³/mol. The molecule has 4 heteroatoms. The lowest BCUT2D eigenvalue weighted by Crippen LogP contribution is -2.30. The van der Waals surface area contributed by atoms with Crippen molar-refractivity contribution in [1.82, 2.24) is 0 Å². The molecule has 0 amide bonds. The molecule has 0 aromatic carbocycles. The van der Waals surface area contributed by atoms with Crippen LogP contribution < -0.4 is 5.11 Å². The van der Waals surface area contributed by atoms with Crippen molar-refractivity contribution in [3.05, 3.63) is 12.2 Å². The number of carbonyl (C=O) groups excluding carboxylic acids is 2. The summed E-state index contributed by atoms with van der Waals surface area (Å²) in [5.41, 5.74) is 0. The van der Waals surface area contributed by atoms with Crippen LogP contribution in [0.3, 0.4) is 0 Å². The standard InChI is InChI=1S/C29H52O4/c1-2-3-4-5-6-7-8-9-10-11-12-13-14-15-16-20-23-27(24-28(30)31)29(32)33-25-26-21-18-17-19-22-26/h16,20,26-27H,2-15,17-19,21-25H2,1H3,(H,30,31)/p-1. The predicted octanol–water partition coefficient (Wildman–Crippen LogP) is 7.29. The number of esters is 1. The van der Waals surface area contributed by atoms with Gasteiger partial charge in [-0.3, -0.25) is 4.79 Å². The summed E-state index contributed by atoms with van der Waals surface area (Å²) in [5, 5.41) is 11.0. The van der Waals surface area contributed by atoms with Gasteiger partial charge in [0.2, 0.25) is 0 Å². The summed E-state index contributed by atoms with van der Waals surface area (Å²) < 4.78 is 5.46. The Labute approximate surface area is 203 Å². The third kappa shape index (κ3) is 17.8. The van der Waals surface area contributed by atoms with Crippen LogP contribution in [0.15, 0.2) is 12.2 Å². The van der Waals surface area contributed by atoms with Crippen molar-refractivity contribution in [2.75, 3.05) is 6.61 Å². The Morgan fingerprint density at radius 2 is 1.36 bits per heavy atom. The molecule has 192 valence electrons. The molecule has 0 radical (unpaired) electrons. The lowest BCUT2D eigenvalue weighted by molar-refractivity contribution is -0.306. The number of unbranched alkanes of at least 4 members (excludes halogenated alkanes) is 13. The molecule has 0 N–H and O–H groups in total. The molecular formula is C29H51O4-. The monoisotopic (exact) mass is 463 g/mol. The van der Waals surface area contributed by atoms with Crippen molar-refractivity contribution < 1.29 is 19.4 Å². The molecule has 1 atom stereocenters. The molecule has 1 aliphatic rings. The molecule has 1 unspecified atom stereocenters. The Morgan fingerprint density at radius 3 is 1.91 bits per heavy atom. The number of carboxylic acids is 1. The number of rotatable bonds is 21. The van der Waals surface area contributed by atoms with E-state index >= 15 is 0 Å². The van der Waals surface area contributed by atoms with E-state index in [1.807, 2.05) is 6.08 Å². The van der Waals surface area contributed by atoms with E-state index in [0.29, 0.717) is 18.9 Å². The summed E-state index contributed by atoms with van der Waals surface area (Å²) in [6.45, 7) is 2.70. The normalized spacial score (nSPS) is 15.7. The van der Waals surface area contributed by atoms with E-state index in [4.69, 9.17) is 4.74 Å². The maximum Gasteiger partial charge on any atom is 0.309 e. The van der Waals surface area contributed by atoms with Gasteiger partial charge in [0.25, 0.3) is 0 Å². The molecular weight excluding hydrogens is 412 g/mol. The highest BCUT2D eigenvalue weighted by Crippen LogP contribution is 2.24. The van der Waals surface area contributed by atoms with Gasteiger partial charge in [-0.25, -0.2) is 0 Å². The molecule has 1 fully saturated rings. The summed E-state index contributed by atoms with van der Waals surface area (Å²) in [7, 11) is 0. The summed E-state index contributed by atoms with van der Waals surface area (Å²) in [6, 6.07) is 0. The van der Waals surface area contributed by atoms with E-state index in [9.17, 15) is 14.7 Å². The lowest BCUT2D eigenvalue weighted by Gasteiger charge is -2.22. The molecule has 0 aliphatic heterocycles. The van der Waals surface area contributed by atoms with E-state index in [1.54, 1.807) is 0 Å². The van der Waals surface area contributed by atoms with E-state index in [2.05, 4.69) is 13.0 Å². The first-order chi connectivity index (χ1) is 16.1. The fourth-order valence-electron chi connectivity index (χ4n) is 4.79. The van der Waals surface area contributed by atoms with Crippen molar-refractivity contribution in [1.29, 1.82) is 0 Å². The summed E-state index contributed by atoms with van der Waals surface area (Å²) in [6.07, 6.45) is 28.6. The minimum atomic E-state index is -1.18. The van der Waals surface area contributed by atoms with Crippen LogP contribution in [0.4, 0.5) is 0 Å². The van der Waals surface area contributed by atoms with E-state index < -0.39 is 11.9 Å². The second-order valence-corrected chi connectivity index (χ2v) is 10.1. The van der Waals surface area contributed by atoms with Gasteiger partial charge in [0.05, 0.1) is 12.5 Å². The molecule has 0 spiro atoms. The second-order valence-electron chi connectivity index (χ2n) is 10.1. The number of aliphatic carboxylic acids is 1. The first-order valence-corrected chi connectivity index (χ1v) is 14.1. The zero-order valence-corrected chi connectivity index (χ0v) is 21.5. The molecule has 0 saturated heterocycles. The molecule has 1 rings (SSSR count). The van der Waals surface area contributed by atoms with Crippen molar-refractivity contribution in [2.24, 2.45) is 11.8 Å². The largest absolute Gasteiger partial charge is 0.550 e. The van der Waals surface area contributed by atoms with Crippen LogP contribution in [0.25, 0.3) is 0 Å². The van der Waals surface area contributed by atoms with Crippen LogP contribution in [-0.2, 0) is 14.3 Å². The lowest BCUT2D eigenvalue weighted by atomic mass is 9.90. The third-order valence-corrected chi connectivity index (χ3v) is 6.99. The van der Waals surface area contributed by atoms with Crippen LogP contribution >= 0.6 is 0 Å². The average molecular weight is 464 g/mol. The molecule has 1 saturated carbocycles. The fourth-order valence-corrected chi connectivity index (χ4v) is 4.79. The number of allylic oxidation sites excluding steroid dienone is 2. The van der Waals surface area contributed by atoms with Crippen molar-refractivity contribution in [2.45, 2.75) is 142 Å². The highest BCUT2D eigenvalue weighted by molar-refractivity contribution is 5.78. The number of carbonyl (C=O) groups is 2. The molecule has 33 heavy (non-hydrogen) atoms. The molecule has 0 aromatic rings. The third-order valence-electron chi connectivity index (χ3n) is 6.99. The van der Waals surface area contributed by atoms with Crippen LogP contribution in [0.5, 0.6) is 0 Å². The SMILES string of the molecule is CCCCCCCCCCCCCCCC=CCC(CC(=O)[O-])C(=O)OCC1CCCCC1. The first kappa shape index (κ1) is 29.7. The number of ether oxygens (including phenoxy) is 1. The van der Waals surface area contributed by atoms with Crippen LogP contribution in [-0.4, -0.2) is 18.5 Å². The Hall–Kier alpha value is -1.32.